The third-order valence-electron chi connectivity index (χ3n) is 4.37. The van der Waals surface area contributed by atoms with E-state index in [-0.39, 0.29) is 17.6 Å². The van der Waals surface area contributed by atoms with Crippen molar-refractivity contribution in [3.63, 3.8) is 0 Å². The van der Waals surface area contributed by atoms with E-state index in [2.05, 4.69) is 11.4 Å². The van der Waals surface area contributed by atoms with Crippen LogP contribution in [0.4, 0.5) is 5.00 Å². The van der Waals surface area contributed by atoms with Crippen LogP contribution in [0.15, 0.2) is 0 Å². The standard InChI is InChI=1S/C17H20N2O3S2/c1-2-22-16(21)17(7-8-17)23-10-14(20)19-15-12(9-18)11-5-3-4-6-13(11)24-15/h2-8,10H2,1H3,(H,19,20). The predicted octanol–water partition coefficient (Wildman–Crippen LogP) is 3.27. The quantitative estimate of drug-likeness (QED) is 0.784. The summed E-state index contributed by atoms with van der Waals surface area (Å²) in [7, 11) is 0. The van der Waals surface area contributed by atoms with Crippen molar-refractivity contribution in [3.8, 4) is 6.07 Å². The number of ether oxygens (including phenoxy) is 1. The summed E-state index contributed by atoms with van der Waals surface area (Å²) >= 11 is 2.87. The Bertz CT molecular complexity index is 701. The normalized spacial score (nSPS) is 17.5. The number of fused-ring (bicyclic) bond motifs is 1. The molecule has 2 aliphatic carbocycles. The number of carbonyl (C=O) groups excluding carboxylic acids is 2. The van der Waals surface area contributed by atoms with Crippen molar-refractivity contribution in [2.75, 3.05) is 17.7 Å². The highest BCUT2D eigenvalue weighted by atomic mass is 32.2. The first-order chi connectivity index (χ1) is 11.6. The number of thiophene rings is 1. The van der Waals surface area contributed by atoms with Crippen LogP contribution >= 0.6 is 23.1 Å². The van der Waals surface area contributed by atoms with E-state index < -0.39 is 4.75 Å². The molecule has 3 rings (SSSR count). The van der Waals surface area contributed by atoms with Gasteiger partial charge in [0.1, 0.15) is 15.8 Å². The van der Waals surface area contributed by atoms with Gasteiger partial charge in [0, 0.05) is 4.88 Å². The number of thioether (sulfide) groups is 1. The molecule has 0 aromatic carbocycles. The van der Waals surface area contributed by atoms with Crippen LogP contribution < -0.4 is 5.32 Å². The maximum atomic E-state index is 12.3. The number of hydrogen-bond donors (Lipinski definition) is 1. The van der Waals surface area contributed by atoms with Crippen molar-refractivity contribution in [1.82, 2.24) is 0 Å². The van der Waals surface area contributed by atoms with Crippen LogP contribution in [0.25, 0.3) is 0 Å². The largest absolute Gasteiger partial charge is 0.465 e. The number of carbonyl (C=O) groups is 2. The summed E-state index contributed by atoms with van der Waals surface area (Å²) in [6.45, 7) is 2.15. The molecule has 1 saturated carbocycles. The SMILES string of the molecule is CCOC(=O)C1(SCC(=O)Nc2sc3c(c2C#N)CCCC3)CC1. The molecule has 1 fully saturated rings. The molecule has 0 saturated heterocycles. The van der Waals surface area contributed by atoms with Crippen LogP contribution in [0, 0.1) is 11.3 Å². The van der Waals surface area contributed by atoms with Gasteiger partial charge in [-0.05, 0) is 51.0 Å². The fourth-order valence-electron chi connectivity index (χ4n) is 2.92. The van der Waals surface area contributed by atoms with E-state index >= 15 is 0 Å². The molecule has 128 valence electrons. The molecule has 24 heavy (non-hydrogen) atoms. The van der Waals surface area contributed by atoms with Crippen LogP contribution in [-0.2, 0) is 27.2 Å². The van der Waals surface area contributed by atoms with Crippen molar-refractivity contribution in [2.24, 2.45) is 0 Å². The van der Waals surface area contributed by atoms with E-state index in [1.165, 1.54) is 28.0 Å². The summed E-state index contributed by atoms with van der Waals surface area (Å²) in [6.07, 6.45) is 5.69. The van der Waals surface area contributed by atoms with Crippen LogP contribution in [-0.4, -0.2) is 29.0 Å². The second-order valence-corrected chi connectivity index (χ2v) is 8.54. The van der Waals surface area contributed by atoms with Crippen LogP contribution in [0.5, 0.6) is 0 Å². The van der Waals surface area contributed by atoms with Crippen molar-refractivity contribution in [3.05, 3.63) is 16.0 Å². The van der Waals surface area contributed by atoms with Gasteiger partial charge in [0.25, 0.3) is 0 Å². The predicted molar refractivity (Wildman–Crippen MR) is 95.4 cm³/mol. The molecule has 7 heteroatoms. The fraction of sp³-hybridized carbons (Fsp3) is 0.588. The molecule has 1 aromatic rings. The molecule has 0 aliphatic heterocycles. The first-order valence-electron chi connectivity index (χ1n) is 8.25. The van der Waals surface area contributed by atoms with E-state index in [1.807, 2.05) is 0 Å². The lowest BCUT2D eigenvalue weighted by atomic mass is 9.96. The zero-order valence-corrected chi connectivity index (χ0v) is 15.3. The number of hydrogen-bond acceptors (Lipinski definition) is 6. The number of nitrogens with one attached hydrogen (secondary N) is 1. The maximum Gasteiger partial charge on any atom is 0.322 e. The highest BCUT2D eigenvalue weighted by Gasteiger charge is 2.52. The van der Waals surface area contributed by atoms with Crippen LogP contribution in [0.1, 0.15) is 48.6 Å². The third-order valence-corrected chi connectivity index (χ3v) is 7.11. The first kappa shape index (κ1) is 17.3. The summed E-state index contributed by atoms with van der Waals surface area (Å²) in [5.41, 5.74) is 1.74. The number of aryl methyl sites for hydroxylation is 1. The molecule has 0 spiro atoms. The van der Waals surface area contributed by atoms with Gasteiger partial charge in [0.15, 0.2) is 0 Å². The summed E-state index contributed by atoms with van der Waals surface area (Å²) in [5, 5.41) is 13.0. The molecular weight excluding hydrogens is 344 g/mol. The number of amides is 1. The van der Waals surface area contributed by atoms with Gasteiger partial charge in [0.2, 0.25) is 5.91 Å². The molecule has 0 radical (unpaired) electrons. The molecule has 0 unspecified atom stereocenters. The van der Waals surface area contributed by atoms with E-state index in [0.717, 1.165) is 44.1 Å². The van der Waals surface area contributed by atoms with E-state index in [9.17, 15) is 14.9 Å². The van der Waals surface area contributed by atoms with Gasteiger partial charge in [-0.2, -0.15) is 5.26 Å². The summed E-state index contributed by atoms with van der Waals surface area (Å²) in [5.74, 6) is -0.176. The highest BCUT2D eigenvalue weighted by molar-refractivity contribution is 8.02. The van der Waals surface area contributed by atoms with Gasteiger partial charge in [-0.3, -0.25) is 9.59 Å². The minimum Gasteiger partial charge on any atom is -0.465 e. The van der Waals surface area contributed by atoms with E-state index in [0.29, 0.717) is 17.2 Å². The molecule has 2 aliphatic rings. The Morgan fingerprint density at radius 3 is 2.79 bits per heavy atom. The Morgan fingerprint density at radius 2 is 2.12 bits per heavy atom. The van der Waals surface area contributed by atoms with Crippen molar-refractivity contribution < 1.29 is 14.3 Å². The molecule has 1 aromatic heterocycles. The van der Waals surface area contributed by atoms with Crippen molar-refractivity contribution >= 4 is 40.0 Å². The molecular formula is C17H20N2O3S2. The smallest absolute Gasteiger partial charge is 0.322 e. The lowest BCUT2D eigenvalue weighted by Gasteiger charge is -2.12. The van der Waals surface area contributed by atoms with Crippen LogP contribution in [0.2, 0.25) is 0 Å². The molecule has 1 amide bonds. The maximum absolute atomic E-state index is 12.3. The zero-order chi connectivity index (χ0) is 17.2. The Hall–Kier alpha value is -1.52. The molecule has 0 atom stereocenters. The van der Waals surface area contributed by atoms with Gasteiger partial charge in [-0.25, -0.2) is 0 Å². The lowest BCUT2D eigenvalue weighted by Crippen LogP contribution is -2.25. The summed E-state index contributed by atoms with van der Waals surface area (Å²) in [6, 6.07) is 2.24. The fourth-order valence-corrected chi connectivity index (χ4v) is 5.23. The number of rotatable bonds is 6. The summed E-state index contributed by atoms with van der Waals surface area (Å²) < 4.78 is 4.55. The van der Waals surface area contributed by atoms with E-state index in [1.54, 1.807) is 6.92 Å². The average Bonchev–Trinajstić information content (AvgIpc) is 3.29. The number of nitriles is 1. The Morgan fingerprint density at radius 1 is 1.38 bits per heavy atom. The molecule has 5 nitrogen and oxygen atoms in total. The second kappa shape index (κ2) is 7.16. The van der Waals surface area contributed by atoms with Gasteiger partial charge in [0.05, 0.1) is 17.9 Å². The Labute approximate surface area is 149 Å². The van der Waals surface area contributed by atoms with Gasteiger partial charge < -0.3 is 10.1 Å². The van der Waals surface area contributed by atoms with Crippen molar-refractivity contribution in [2.45, 2.75) is 50.2 Å². The number of esters is 1. The topological polar surface area (TPSA) is 79.2 Å². The Balaban J connectivity index is 1.61. The van der Waals surface area contributed by atoms with Gasteiger partial charge in [-0.1, -0.05) is 0 Å². The highest BCUT2D eigenvalue weighted by Crippen LogP contribution is 2.49. The molecule has 1 N–H and O–H groups in total. The summed E-state index contributed by atoms with van der Waals surface area (Å²) in [4.78, 5) is 25.4. The average molecular weight is 364 g/mol. The number of nitrogens with zero attached hydrogens (tertiary/aromatic N) is 1. The van der Waals surface area contributed by atoms with Gasteiger partial charge >= 0.3 is 5.97 Å². The third kappa shape index (κ3) is 3.45. The second-order valence-electron chi connectivity index (χ2n) is 6.08. The lowest BCUT2D eigenvalue weighted by molar-refractivity contribution is -0.143. The molecule has 0 bridgehead atoms. The number of anilines is 1. The van der Waals surface area contributed by atoms with Gasteiger partial charge in [-0.15, -0.1) is 23.1 Å². The van der Waals surface area contributed by atoms with E-state index in [4.69, 9.17) is 4.74 Å². The van der Waals surface area contributed by atoms with Crippen molar-refractivity contribution in [1.29, 1.82) is 5.26 Å². The van der Waals surface area contributed by atoms with Crippen LogP contribution in [0.3, 0.4) is 0 Å². The monoisotopic (exact) mass is 364 g/mol. The first-order valence-corrected chi connectivity index (χ1v) is 10.1. The molecule has 1 heterocycles. The minimum atomic E-state index is -0.528. The Kier molecular flexibility index (Phi) is 5.16. The minimum absolute atomic E-state index is 0.161. The zero-order valence-electron chi connectivity index (χ0n) is 13.6.